The lowest BCUT2D eigenvalue weighted by Gasteiger charge is -2.21. The lowest BCUT2D eigenvalue weighted by Crippen LogP contribution is -2.45. The molecule has 1 fully saturated rings. The first-order chi connectivity index (χ1) is 13.5. The third-order valence-electron chi connectivity index (χ3n) is 5.05. The van der Waals surface area contributed by atoms with Crippen LogP contribution in [0.15, 0.2) is 42.0 Å². The standard InChI is InChI=1S/C20H23N3O5/c21-20(27)23-11-5-10-16(23)19(26)28-18(25)15-9-4-8-14(15)17(24)22-12-13-6-2-1-3-7-13/h1-3,6-8,15-16H,4-5,9-12H2,(H2,21,27)(H,22,24)/t15?,16-/m0/s1. The summed E-state index contributed by atoms with van der Waals surface area (Å²) in [5.41, 5.74) is 6.51. The Labute approximate surface area is 162 Å². The molecule has 0 aromatic heterocycles. The Bertz CT molecular complexity index is 805. The molecule has 3 N–H and O–H groups in total. The van der Waals surface area contributed by atoms with Gasteiger partial charge in [-0.2, -0.15) is 0 Å². The minimum atomic E-state index is -0.845. The van der Waals surface area contributed by atoms with Crippen LogP contribution in [0.3, 0.4) is 0 Å². The van der Waals surface area contributed by atoms with Crippen LogP contribution in [0.4, 0.5) is 4.79 Å². The van der Waals surface area contributed by atoms with E-state index < -0.39 is 29.9 Å². The van der Waals surface area contributed by atoms with Crippen LogP contribution in [0, 0.1) is 5.92 Å². The Hall–Kier alpha value is -3.16. The summed E-state index contributed by atoms with van der Waals surface area (Å²) in [4.78, 5) is 49.8. The molecule has 0 bridgehead atoms. The summed E-state index contributed by atoms with van der Waals surface area (Å²) in [6, 6.07) is 7.86. The summed E-state index contributed by atoms with van der Waals surface area (Å²) in [7, 11) is 0. The number of nitrogens with one attached hydrogen (secondary N) is 1. The van der Waals surface area contributed by atoms with Gasteiger partial charge >= 0.3 is 18.0 Å². The number of nitrogens with two attached hydrogens (primary N) is 1. The first-order valence-corrected chi connectivity index (χ1v) is 9.31. The summed E-state index contributed by atoms with van der Waals surface area (Å²) in [5, 5.41) is 2.79. The molecule has 3 amide bonds. The van der Waals surface area contributed by atoms with Gasteiger partial charge in [0, 0.05) is 18.7 Å². The summed E-state index contributed by atoms with van der Waals surface area (Å²) in [6.45, 7) is 0.702. The Balaban J connectivity index is 1.57. The number of ether oxygens (including phenoxy) is 1. The van der Waals surface area contributed by atoms with Crippen molar-refractivity contribution in [2.24, 2.45) is 11.7 Å². The molecular weight excluding hydrogens is 362 g/mol. The highest BCUT2D eigenvalue weighted by Crippen LogP contribution is 2.28. The number of amides is 3. The average molecular weight is 385 g/mol. The number of allylic oxidation sites excluding steroid dienone is 1. The highest BCUT2D eigenvalue weighted by atomic mass is 16.6. The van der Waals surface area contributed by atoms with Crippen LogP contribution in [-0.2, 0) is 25.7 Å². The molecule has 8 heteroatoms. The molecule has 3 rings (SSSR count). The van der Waals surface area contributed by atoms with E-state index in [1.54, 1.807) is 6.08 Å². The van der Waals surface area contributed by atoms with E-state index in [-0.39, 0.29) is 5.91 Å². The van der Waals surface area contributed by atoms with Crippen molar-refractivity contribution >= 4 is 23.9 Å². The Morgan fingerprint density at radius 2 is 1.86 bits per heavy atom. The largest absolute Gasteiger partial charge is 0.391 e. The SMILES string of the molecule is NC(=O)N1CCC[C@H]1C(=O)OC(=O)C1CCC=C1C(=O)NCc1ccccc1. The maximum atomic E-state index is 12.5. The zero-order valence-electron chi connectivity index (χ0n) is 15.4. The first kappa shape index (κ1) is 19.6. The molecule has 1 saturated heterocycles. The smallest absolute Gasteiger partial charge is 0.336 e. The van der Waals surface area contributed by atoms with Gasteiger partial charge in [-0.25, -0.2) is 9.59 Å². The van der Waals surface area contributed by atoms with Gasteiger partial charge in [-0.05, 0) is 31.2 Å². The number of likely N-dealkylation sites (tertiary alicyclic amines) is 1. The second-order valence-corrected chi connectivity index (χ2v) is 6.89. The Morgan fingerprint density at radius 3 is 2.57 bits per heavy atom. The Morgan fingerprint density at radius 1 is 1.11 bits per heavy atom. The van der Waals surface area contributed by atoms with Gasteiger partial charge in [0.2, 0.25) is 5.91 Å². The van der Waals surface area contributed by atoms with E-state index in [0.29, 0.717) is 44.3 Å². The second-order valence-electron chi connectivity index (χ2n) is 6.89. The molecule has 2 atom stereocenters. The van der Waals surface area contributed by atoms with Gasteiger partial charge < -0.3 is 20.7 Å². The zero-order chi connectivity index (χ0) is 20.1. The van der Waals surface area contributed by atoms with Crippen LogP contribution in [0.25, 0.3) is 0 Å². The summed E-state index contributed by atoms with van der Waals surface area (Å²) in [6.07, 6.45) is 3.68. The van der Waals surface area contributed by atoms with Crippen LogP contribution >= 0.6 is 0 Å². The number of rotatable bonds is 5. The maximum absolute atomic E-state index is 12.5. The minimum absolute atomic E-state index is 0.312. The van der Waals surface area contributed by atoms with Crippen molar-refractivity contribution in [3.8, 4) is 0 Å². The lowest BCUT2D eigenvalue weighted by molar-refractivity contribution is -0.164. The maximum Gasteiger partial charge on any atom is 0.336 e. The van der Waals surface area contributed by atoms with Crippen molar-refractivity contribution in [2.45, 2.75) is 38.3 Å². The van der Waals surface area contributed by atoms with E-state index in [4.69, 9.17) is 10.5 Å². The summed E-state index contributed by atoms with van der Waals surface area (Å²) < 4.78 is 4.99. The van der Waals surface area contributed by atoms with Crippen molar-refractivity contribution in [1.29, 1.82) is 0 Å². The van der Waals surface area contributed by atoms with E-state index in [1.165, 1.54) is 4.90 Å². The van der Waals surface area contributed by atoms with Gasteiger partial charge in [0.15, 0.2) is 0 Å². The van der Waals surface area contributed by atoms with Gasteiger partial charge in [0.25, 0.3) is 0 Å². The quantitative estimate of drug-likeness (QED) is 0.584. The molecule has 0 radical (unpaired) electrons. The van der Waals surface area contributed by atoms with Crippen LogP contribution < -0.4 is 11.1 Å². The van der Waals surface area contributed by atoms with E-state index in [0.717, 1.165) is 5.56 Å². The van der Waals surface area contributed by atoms with Gasteiger partial charge in [0.05, 0.1) is 5.92 Å². The van der Waals surface area contributed by atoms with E-state index >= 15 is 0 Å². The predicted molar refractivity (Wildman–Crippen MR) is 99.5 cm³/mol. The highest BCUT2D eigenvalue weighted by molar-refractivity contribution is 6.02. The van der Waals surface area contributed by atoms with Crippen LogP contribution in [0.5, 0.6) is 0 Å². The molecule has 2 aliphatic rings. The van der Waals surface area contributed by atoms with Gasteiger partial charge in [-0.1, -0.05) is 36.4 Å². The number of carbonyl (C=O) groups excluding carboxylic acids is 4. The van der Waals surface area contributed by atoms with Crippen LogP contribution in [0.1, 0.15) is 31.2 Å². The number of hydrogen-bond acceptors (Lipinski definition) is 5. The lowest BCUT2D eigenvalue weighted by atomic mass is 10.0. The number of nitrogens with zero attached hydrogens (tertiary/aromatic N) is 1. The van der Waals surface area contributed by atoms with Crippen LogP contribution in [-0.4, -0.2) is 41.4 Å². The monoisotopic (exact) mass is 385 g/mol. The van der Waals surface area contributed by atoms with Crippen molar-refractivity contribution in [3.05, 3.63) is 47.5 Å². The van der Waals surface area contributed by atoms with Gasteiger partial charge in [0.1, 0.15) is 6.04 Å². The molecule has 0 spiro atoms. The molecule has 1 aliphatic carbocycles. The fourth-order valence-corrected chi connectivity index (χ4v) is 3.59. The fraction of sp³-hybridized carbons (Fsp3) is 0.400. The predicted octanol–water partition coefficient (Wildman–Crippen LogP) is 1.25. The molecule has 148 valence electrons. The number of hydrogen-bond donors (Lipinski definition) is 2. The van der Waals surface area contributed by atoms with Crippen molar-refractivity contribution in [2.75, 3.05) is 6.54 Å². The highest BCUT2D eigenvalue weighted by Gasteiger charge is 2.38. The normalized spacial score (nSPS) is 21.1. The summed E-state index contributed by atoms with van der Waals surface area (Å²) >= 11 is 0. The molecule has 0 saturated carbocycles. The molecular formula is C20H23N3O5. The van der Waals surface area contributed by atoms with Crippen molar-refractivity contribution < 1.29 is 23.9 Å². The van der Waals surface area contributed by atoms with E-state index in [2.05, 4.69) is 5.32 Å². The van der Waals surface area contributed by atoms with Crippen LogP contribution in [0.2, 0.25) is 0 Å². The van der Waals surface area contributed by atoms with E-state index in [9.17, 15) is 19.2 Å². The van der Waals surface area contributed by atoms with Gasteiger partial charge in [-0.15, -0.1) is 0 Å². The van der Waals surface area contributed by atoms with Gasteiger partial charge in [-0.3, -0.25) is 9.59 Å². The number of primary amides is 1. The topological polar surface area (TPSA) is 119 Å². The third-order valence-corrected chi connectivity index (χ3v) is 5.05. The minimum Gasteiger partial charge on any atom is -0.391 e. The van der Waals surface area contributed by atoms with E-state index in [1.807, 2.05) is 30.3 Å². The number of benzene rings is 1. The van der Waals surface area contributed by atoms with Crippen molar-refractivity contribution in [1.82, 2.24) is 10.2 Å². The number of carbonyl (C=O) groups is 4. The first-order valence-electron chi connectivity index (χ1n) is 9.31. The third kappa shape index (κ3) is 4.39. The Kier molecular flexibility index (Phi) is 6.08. The number of esters is 2. The molecule has 1 aliphatic heterocycles. The summed E-state index contributed by atoms with van der Waals surface area (Å²) in [5.74, 6) is -2.70. The molecule has 1 unspecified atom stereocenters. The molecule has 1 aromatic carbocycles. The molecule has 28 heavy (non-hydrogen) atoms. The average Bonchev–Trinajstić information content (AvgIpc) is 3.36. The molecule has 1 heterocycles. The number of urea groups is 1. The van der Waals surface area contributed by atoms with Crippen molar-refractivity contribution in [3.63, 3.8) is 0 Å². The molecule has 1 aromatic rings. The fourth-order valence-electron chi connectivity index (χ4n) is 3.59. The molecule has 8 nitrogen and oxygen atoms in total. The second kappa shape index (κ2) is 8.69. The zero-order valence-corrected chi connectivity index (χ0v) is 15.4.